The molecule has 4 heterocycles. The van der Waals surface area contributed by atoms with Crippen molar-refractivity contribution in [1.82, 2.24) is 60.0 Å². The highest BCUT2D eigenvalue weighted by Gasteiger charge is 2.57. The zero-order chi connectivity index (χ0) is 84.4. The molecule has 114 heavy (non-hydrogen) atoms. The van der Waals surface area contributed by atoms with E-state index in [0.717, 1.165) is 41.3 Å². The Morgan fingerprint density at radius 1 is 0.588 bits per heavy atom. The summed E-state index contributed by atoms with van der Waals surface area (Å²) in [6.07, 6.45) is -25.2. The molecule has 0 radical (unpaired) electrons. The van der Waals surface area contributed by atoms with E-state index in [1.54, 1.807) is 27.7 Å². The van der Waals surface area contributed by atoms with Crippen LogP contribution in [0.25, 0.3) is 0 Å². The number of alkyl halides is 11. The van der Waals surface area contributed by atoms with Crippen molar-refractivity contribution >= 4 is 70.9 Å². The summed E-state index contributed by atoms with van der Waals surface area (Å²) >= 11 is 0. The van der Waals surface area contributed by atoms with Crippen molar-refractivity contribution in [2.75, 3.05) is 101 Å². The van der Waals surface area contributed by atoms with Gasteiger partial charge in [0, 0.05) is 68.5 Å². The number of fused-ring (bicyclic) bond motifs is 3. The van der Waals surface area contributed by atoms with Gasteiger partial charge in [0.25, 0.3) is 0 Å². The number of ether oxygens (including phenoxy) is 2. The highest BCUT2D eigenvalue weighted by atomic mass is 19.4. The predicted octanol–water partition coefficient (Wildman–Crippen LogP) is 6.89. The molecule has 37 heteroatoms. The van der Waals surface area contributed by atoms with Gasteiger partial charge in [-0.1, -0.05) is 47.0 Å². The number of carbonyl (C=O) groups is 12. The summed E-state index contributed by atoms with van der Waals surface area (Å²) in [5, 5.41) is 8.13. The first-order valence-electron chi connectivity index (χ1n) is 40.4. The van der Waals surface area contributed by atoms with Gasteiger partial charge in [-0.05, 0) is 152 Å². The van der Waals surface area contributed by atoms with Gasteiger partial charge in [0.15, 0.2) is 0 Å². The van der Waals surface area contributed by atoms with Crippen molar-refractivity contribution in [3.8, 4) is 0 Å². The Kier molecular flexibility index (Phi) is 31.9. The number of halogens is 11. The van der Waals surface area contributed by atoms with E-state index in [2.05, 4.69) is 16.0 Å². The Hall–Kier alpha value is -7.21. The van der Waals surface area contributed by atoms with Gasteiger partial charge in [0.05, 0.1) is 57.8 Å². The highest BCUT2D eigenvalue weighted by molar-refractivity contribution is 6.01. The number of nitrogens with zero attached hydrogens (tertiary/aromatic N) is 9. The van der Waals surface area contributed by atoms with Crippen molar-refractivity contribution in [3.05, 3.63) is 0 Å². The van der Waals surface area contributed by atoms with Gasteiger partial charge in [-0.25, -0.2) is 8.78 Å². The van der Waals surface area contributed by atoms with Gasteiger partial charge in [-0.3, -0.25) is 57.5 Å². The van der Waals surface area contributed by atoms with E-state index in [9.17, 15) is 58.7 Å². The standard InChI is InChI=1S/C77H117F11N12O14/c1-11-45(4)62-71(110)93(6)43-60(103)94(7)53-19-14-15-30-99(70(53)109)56(40-46-20-23-49(24-21-46)76(83,84)85)68(107)92(5)42-58(101)89-52(25-22-47-38-50(78)61(51(79)39-47)77(86,87)88)67(106)100-31-26-57(114-34-29-75(80,81)82)64(100)66(105)91-74(27-16-28-74)73(112)97(10)63(48-17-12-13-18-48)72(111)96(9)55(69(108)98-32-35-113-36-33-98)41-59(102)95(8)54(37-44(2)3)65(104)90-62/h44-57,61-64H,11-43H2,1-10H3,(H,89,101)(H,90,104)(H,91,105)/t45-,46?,47?,49?,50?,51?,52-,53-,54-,55-,56-,57-,61?,62-,63-,64-/m0/s1. The summed E-state index contributed by atoms with van der Waals surface area (Å²) in [5.74, 6) is -18.6. The fourth-order valence-corrected chi connectivity index (χ4v) is 18.0. The van der Waals surface area contributed by atoms with E-state index in [0.29, 0.717) is 32.1 Å². The molecule has 8 rings (SSSR count). The topological polar surface area (TPSA) is 289 Å². The molecule has 4 saturated heterocycles. The van der Waals surface area contributed by atoms with Crippen molar-refractivity contribution in [2.24, 2.45) is 41.4 Å². The van der Waals surface area contributed by atoms with Crippen LogP contribution in [0.5, 0.6) is 0 Å². The first kappa shape index (κ1) is 92.3. The van der Waals surface area contributed by atoms with Crippen LogP contribution in [0.2, 0.25) is 0 Å². The number of hydrogen-bond acceptors (Lipinski definition) is 14. The molecule has 2 bridgehead atoms. The Morgan fingerprint density at radius 2 is 1.20 bits per heavy atom. The number of likely N-dealkylation sites (N-methyl/N-ethyl adjacent to an activating group) is 6. The Morgan fingerprint density at radius 3 is 1.77 bits per heavy atom. The fraction of sp³-hybridized carbons (Fsp3) is 0.844. The van der Waals surface area contributed by atoms with Gasteiger partial charge < -0.3 is 69.5 Å². The predicted molar refractivity (Wildman–Crippen MR) is 390 cm³/mol. The molecule has 3 N–H and O–H groups in total. The van der Waals surface area contributed by atoms with E-state index >= 15 is 47.1 Å². The Bertz CT molecular complexity index is 3380. The molecule has 4 aliphatic carbocycles. The van der Waals surface area contributed by atoms with Gasteiger partial charge in [-0.15, -0.1) is 0 Å². The number of hydrogen-bond donors (Lipinski definition) is 3. The molecular formula is C77H117F11N12O14. The summed E-state index contributed by atoms with van der Waals surface area (Å²) in [6.45, 7) is 4.00. The molecule has 0 aromatic rings. The molecule has 646 valence electrons. The SMILES string of the molecule is CC[C@H](C)[C@@H]1NC(=O)[C@H](CC(C)C)N(C)C(=O)C[C@@H](C(=O)N2CCOCC2)N(C)C(=O)[C@H](C2CCCC2)N(C)C(=O)C2(CCC2)NC(=O)[C@@H]2[C@@H](OCCC(F)(F)F)CCN2C(=O)[C@H](CCC2CC(F)C(C(F)(F)F)C(F)C2)NC(=O)CN(C)C(=O)[C@H](CC2CCC(C(F)(F)F)CC2)N2CCCC[C@@H](C2=O)N(C)C(=O)CN(C)C1=O. The van der Waals surface area contributed by atoms with Crippen LogP contribution in [0.3, 0.4) is 0 Å². The molecule has 12 amide bonds. The molecule has 0 aromatic carbocycles. The van der Waals surface area contributed by atoms with Crippen LogP contribution in [0.1, 0.15) is 182 Å². The minimum Gasteiger partial charge on any atom is -0.378 e. The average Bonchev–Trinajstić information content (AvgIpc) is 1.19. The van der Waals surface area contributed by atoms with Crippen LogP contribution < -0.4 is 16.0 Å². The van der Waals surface area contributed by atoms with Crippen LogP contribution in [0, 0.1) is 41.4 Å². The lowest BCUT2D eigenvalue weighted by molar-refractivity contribution is -0.219. The van der Waals surface area contributed by atoms with E-state index in [1.807, 2.05) is 0 Å². The van der Waals surface area contributed by atoms with E-state index in [1.165, 1.54) is 45.0 Å². The second-order valence-electron chi connectivity index (χ2n) is 33.6. The van der Waals surface area contributed by atoms with Crippen molar-refractivity contribution in [1.29, 1.82) is 0 Å². The average molecular weight is 1640 g/mol. The number of rotatable bonds is 14. The molecule has 8 aliphatic rings. The second kappa shape index (κ2) is 39.4. The van der Waals surface area contributed by atoms with Crippen LogP contribution in [0.15, 0.2) is 0 Å². The number of morpholine rings is 1. The molecule has 8 fully saturated rings. The molecule has 0 aromatic heterocycles. The summed E-state index contributed by atoms with van der Waals surface area (Å²) in [6, 6.07) is -12.4. The Balaban J connectivity index is 1.22. The summed E-state index contributed by atoms with van der Waals surface area (Å²) in [4.78, 5) is 193. The third-order valence-corrected chi connectivity index (χ3v) is 25.2. The maximum absolute atomic E-state index is 15.8. The smallest absolute Gasteiger partial charge is 0.378 e. The monoisotopic (exact) mass is 1640 g/mol. The van der Waals surface area contributed by atoms with Gasteiger partial charge in [-0.2, -0.15) is 39.5 Å². The van der Waals surface area contributed by atoms with Gasteiger partial charge in [0.2, 0.25) is 70.9 Å². The molecule has 4 aliphatic heterocycles. The van der Waals surface area contributed by atoms with E-state index in [4.69, 9.17) is 9.47 Å². The van der Waals surface area contributed by atoms with Gasteiger partial charge in [0.1, 0.15) is 72.1 Å². The summed E-state index contributed by atoms with van der Waals surface area (Å²) in [7, 11) is 7.74. The highest BCUT2D eigenvalue weighted by Crippen LogP contribution is 2.46. The first-order valence-corrected chi connectivity index (χ1v) is 40.4. The van der Waals surface area contributed by atoms with Crippen molar-refractivity contribution in [2.45, 2.75) is 273 Å². The normalized spacial score (nSPS) is 31.7. The third-order valence-electron chi connectivity index (χ3n) is 25.2. The summed E-state index contributed by atoms with van der Waals surface area (Å²) in [5.41, 5.74) is -1.91. The van der Waals surface area contributed by atoms with Crippen LogP contribution in [-0.2, 0) is 67.0 Å². The number of amides is 12. The fourth-order valence-electron chi connectivity index (χ4n) is 18.0. The van der Waals surface area contributed by atoms with E-state index < -0.39 is 262 Å². The van der Waals surface area contributed by atoms with E-state index in [-0.39, 0.29) is 122 Å². The second-order valence-corrected chi connectivity index (χ2v) is 33.6. The third kappa shape index (κ3) is 22.7. The Labute approximate surface area is 659 Å². The molecule has 2 unspecified atom stereocenters. The molecule has 4 saturated carbocycles. The van der Waals surface area contributed by atoms with Crippen molar-refractivity contribution in [3.63, 3.8) is 0 Å². The lowest BCUT2D eigenvalue weighted by Gasteiger charge is -2.47. The number of carbonyl (C=O) groups excluding carboxylic acids is 12. The maximum Gasteiger partial charge on any atom is 0.397 e. The van der Waals surface area contributed by atoms with Crippen molar-refractivity contribution < 1.29 is 115 Å². The zero-order valence-corrected chi connectivity index (χ0v) is 67.1. The summed E-state index contributed by atoms with van der Waals surface area (Å²) < 4.78 is 169. The van der Waals surface area contributed by atoms with Gasteiger partial charge >= 0.3 is 18.5 Å². The quantitative estimate of drug-likeness (QED) is 0.149. The molecule has 26 nitrogen and oxygen atoms in total. The largest absolute Gasteiger partial charge is 0.397 e. The minimum absolute atomic E-state index is 0.0112. The molecule has 12 atom stereocenters. The minimum atomic E-state index is -5.28. The lowest BCUT2D eigenvalue weighted by atomic mass is 9.74. The lowest BCUT2D eigenvalue weighted by Crippen LogP contribution is -2.69. The maximum atomic E-state index is 15.8. The first-order chi connectivity index (χ1) is 53.4. The zero-order valence-electron chi connectivity index (χ0n) is 67.1. The van der Waals surface area contributed by atoms with Crippen LogP contribution in [-0.4, -0.2) is 307 Å². The molecule has 1 spiro atoms. The molecular weight excluding hydrogens is 1530 g/mol. The van der Waals surface area contributed by atoms with Crippen LogP contribution >= 0.6 is 0 Å². The number of nitrogens with one attached hydrogen (secondary N) is 3. The van der Waals surface area contributed by atoms with Crippen LogP contribution in [0.4, 0.5) is 48.3 Å².